The van der Waals surface area contributed by atoms with Gasteiger partial charge in [-0.05, 0) is 12.1 Å². The maximum absolute atomic E-state index is 10.4. The summed E-state index contributed by atoms with van der Waals surface area (Å²) in [5.41, 5.74) is -3.61. The molecule has 0 heterocycles. The van der Waals surface area contributed by atoms with E-state index in [1.165, 1.54) is 0 Å². The molecule has 160 valence electrons. The molecule has 0 N–H and O–H groups in total. The number of carboxylic acids is 4. The predicted octanol–water partition coefficient (Wildman–Crippen LogP) is -3.74. The minimum Gasteiger partial charge on any atom is -0.545 e. The van der Waals surface area contributed by atoms with Gasteiger partial charge in [-0.2, -0.15) is 0 Å². The second kappa shape index (κ2) is 11.3. The monoisotopic (exact) mass is 626 g/mol. The van der Waals surface area contributed by atoms with Crippen LogP contribution in [-0.4, -0.2) is 61.0 Å². The van der Waals surface area contributed by atoms with E-state index in [-0.39, 0.29) is 27.3 Å². The third-order valence-electron chi connectivity index (χ3n) is 3.20. The van der Waals surface area contributed by atoms with E-state index in [0.717, 1.165) is 12.1 Å². The van der Waals surface area contributed by atoms with Gasteiger partial charge in [0.2, 0.25) is 0 Å². The molecule has 2 aromatic carbocycles. The second-order valence-corrected chi connectivity index (χ2v) is 5.20. The first-order valence-electron chi connectivity index (χ1n) is 7.27. The van der Waals surface area contributed by atoms with Crippen LogP contribution < -0.4 is 20.4 Å². The van der Waals surface area contributed by atoms with Crippen molar-refractivity contribution in [2.24, 2.45) is 0 Å². The number of aromatic carboxylic acids is 4. The van der Waals surface area contributed by atoms with Crippen LogP contribution in [0, 0.1) is 20.2 Å². The molecule has 0 aliphatic carbocycles. The van der Waals surface area contributed by atoms with E-state index in [1.807, 2.05) is 0 Å². The van der Waals surface area contributed by atoms with Crippen LogP contribution in [0.15, 0.2) is 36.4 Å². The van der Waals surface area contributed by atoms with Gasteiger partial charge in [-0.15, -0.1) is 0 Å². The number of rotatable bonds is 6. The van der Waals surface area contributed by atoms with Crippen LogP contribution in [0.3, 0.4) is 0 Å². The largest absolute Gasteiger partial charge is 0.545 e. The van der Waals surface area contributed by atoms with Crippen LogP contribution >= 0.6 is 0 Å². The number of nitro benzene ring substituents is 2. The molecule has 31 heavy (non-hydrogen) atoms. The normalized spacial score (nSPS) is 9.29. The minimum atomic E-state index is -1.69. The third-order valence-corrected chi connectivity index (χ3v) is 3.20. The van der Waals surface area contributed by atoms with Crippen LogP contribution in [-0.2, 0) is 0 Å². The molecule has 4 radical (unpaired) electrons. The summed E-state index contributed by atoms with van der Waals surface area (Å²) in [6.45, 7) is 0. The second-order valence-electron chi connectivity index (χ2n) is 5.20. The van der Waals surface area contributed by atoms with Crippen LogP contribution in [0.2, 0.25) is 0 Å². The fraction of sp³-hybridized carbons (Fsp3) is 0. The van der Waals surface area contributed by atoms with Crippen LogP contribution in [0.5, 0.6) is 0 Å². The van der Waals surface area contributed by atoms with Gasteiger partial charge in [-0.3, -0.25) is 20.2 Å². The number of non-ortho nitro benzene ring substituents is 2. The number of hydrogen-bond acceptors (Lipinski definition) is 12. The van der Waals surface area contributed by atoms with Crippen molar-refractivity contribution >= 4 is 62.6 Å². The summed E-state index contributed by atoms with van der Waals surface area (Å²) in [6, 6.07) is 4.31. The molecule has 2 rings (SSSR count). The van der Waals surface area contributed by atoms with Crippen molar-refractivity contribution < 1.29 is 49.5 Å². The van der Waals surface area contributed by atoms with Crippen molar-refractivity contribution in [1.29, 1.82) is 0 Å². The molecule has 0 unspecified atom stereocenters. The number of carbonyl (C=O) groups excluding carboxylic acids is 4. The first-order valence-corrected chi connectivity index (χ1v) is 7.27. The molecule has 0 fully saturated rings. The van der Waals surface area contributed by atoms with Crippen LogP contribution in [0.4, 0.5) is 11.4 Å². The quantitative estimate of drug-likeness (QED) is 0.171. The van der Waals surface area contributed by atoms with Gasteiger partial charge in [0.25, 0.3) is 11.4 Å². The van der Waals surface area contributed by atoms with Gasteiger partial charge in [0.15, 0.2) is 0 Å². The van der Waals surface area contributed by atoms with E-state index in [2.05, 4.69) is 0 Å². The molecule has 0 saturated heterocycles. The summed E-state index contributed by atoms with van der Waals surface area (Å²) < 4.78 is 0. The van der Waals surface area contributed by atoms with Gasteiger partial charge in [0, 0.05) is 73.8 Å². The molecule has 0 atom stereocenters. The zero-order valence-corrected chi connectivity index (χ0v) is 18.6. The molecule has 0 aliphatic heterocycles. The first kappa shape index (κ1) is 27.0. The van der Waals surface area contributed by atoms with Crippen molar-refractivity contribution in [1.82, 2.24) is 0 Å². The van der Waals surface area contributed by atoms with Gasteiger partial charge in [0.05, 0.1) is 33.7 Å². The summed E-state index contributed by atoms with van der Waals surface area (Å²) in [7, 11) is 0. The fourth-order valence-corrected chi connectivity index (χ4v) is 1.90. The van der Waals surface area contributed by atoms with Crippen molar-refractivity contribution in [2.75, 3.05) is 0 Å². The Labute approximate surface area is 190 Å². The third kappa shape index (κ3) is 7.76. The average Bonchev–Trinajstić information content (AvgIpc) is 2.67. The van der Waals surface area contributed by atoms with Gasteiger partial charge in [-0.1, -0.05) is 0 Å². The molecule has 0 aromatic heterocycles. The van der Waals surface area contributed by atoms with E-state index in [4.69, 9.17) is 0 Å². The SMILES string of the molecule is O=C([O-])c1cc(C(=O)[O-])cc([N+](=O)[O-])c1.O=C([O-])c1cc(C(=O)[O-])cc([N+](=O)[O-])c1.[Pb]. The van der Waals surface area contributed by atoms with E-state index in [1.54, 1.807) is 0 Å². The van der Waals surface area contributed by atoms with Gasteiger partial charge in [-0.25, -0.2) is 0 Å². The summed E-state index contributed by atoms with van der Waals surface area (Å²) in [5, 5.41) is 62.3. The molecule has 0 bridgehead atoms. The van der Waals surface area contributed by atoms with Crippen molar-refractivity contribution in [3.05, 3.63) is 78.9 Å². The van der Waals surface area contributed by atoms with Crippen molar-refractivity contribution in [3.8, 4) is 0 Å². The Morgan fingerprint density at radius 3 is 0.839 bits per heavy atom. The average molecular weight is 625 g/mol. The zero-order chi connectivity index (χ0) is 23.2. The minimum absolute atomic E-state index is 0. The Kier molecular flexibility index (Phi) is 9.84. The standard InChI is InChI=1S/2C8H5NO6.Pb/c2*10-7(11)4-1-5(8(12)13)3-6(2-4)9(14)15;/h2*1-3H,(H,10,11)(H,12,13);/p-4. The van der Waals surface area contributed by atoms with E-state index in [0.29, 0.717) is 24.3 Å². The summed E-state index contributed by atoms with van der Waals surface area (Å²) in [5.74, 6) is -6.77. The number of nitrogens with zero attached hydrogens (tertiary/aromatic N) is 2. The summed E-state index contributed by atoms with van der Waals surface area (Å²) in [6.07, 6.45) is 0. The molecule has 0 saturated carbocycles. The summed E-state index contributed by atoms with van der Waals surface area (Å²) in [4.78, 5) is 60.5. The Bertz CT molecular complexity index is 839. The van der Waals surface area contributed by atoms with E-state index >= 15 is 0 Å². The Morgan fingerprint density at radius 1 is 0.516 bits per heavy atom. The van der Waals surface area contributed by atoms with Gasteiger partial charge in [0.1, 0.15) is 0 Å². The number of carbonyl (C=O) groups is 4. The number of nitro groups is 2. The molecule has 14 nitrogen and oxygen atoms in total. The van der Waals surface area contributed by atoms with Gasteiger partial charge < -0.3 is 39.6 Å². The first-order chi connectivity index (χ1) is 13.8. The predicted molar refractivity (Wildman–Crippen MR) is 89.3 cm³/mol. The zero-order valence-electron chi connectivity index (χ0n) is 14.8. The van der Waals surface area contributed by atoms with Crippen LogP contribution in [0.1, 0.15) is 41.4 Å². The van der Waals surface area contributed by atoms with E-state index in [9.17, 15) is 59.8 Å². The topological polar surface area (TPSA) is 247 Å². The number of hydrogen-bond donors (Lipinski definition) is 0. The van der Waals surface area contributed by atoms with Crippen LogP contribution in [0.25, 0.3) is 0 Å². The molecule has 0 aliphatic rings. The Hall–Kier alpha value is -3.96. The van der Waals surface area contributed by atoms with Crippen molar-refractivity contribution in [2.45, 2.75) is 0 Å². The number of benzene rings is 2. The maximum Gasteiger partial charge on any atom is 0.270 e. The Balaban J connectivity index is 0.000000562. The Morgan fingerprint density at radius 2 is 0.710 bits per heavy atom. The smallest absolute Gasteiger partial charge is 0.270 e. The molecule has 0 amide bonds. The fourth-order valence-electron chi connectivity index (χ4n) is 1.90. The number of carboxylic acid groups (broad SMARTS) is 4. The summed E-state index contributed by atoms with van der Waals surface area (Å²) >= 11 is 0. The van der Waals surface area contributed by atoms with Gasteiger partial charge >= 0.3 is 0 Å². The maximum atomic E-state index is 10.4. The molecular weight excluding hydrogens is 619 g/mol. The molecule has 15 heteroatoms. The van der Waals surface area contributed by atoms with E-state index < -0.39 is 67.4 Å². The molecular formula is C16H6N2O12Pb-4. The molecule has 0 spiro atoms. The van der Waals surface area contributed by atoms with Crippen molar-refractivity contribution in [3.63, 3.8) is 0 Å². The molecule has 2 aromatic rings.